The molecule has 2 atom stereocenters. The maximum Gasteiger partial charge on any atom is 0.295 e. The van der Waals surface area contributed by atoms with Gasteiger partial charge in [0.05, 0.1) is 11.0 Å². The highest BCUT2D eigenvalue weighted by Crippen LogP contribution is 2.26. The summed E-state index contributed by atoms with van der Waals surface area (Å²) in [6, 6.07) is 3.35. The SMILES string of the molecule is CC1CC(C(=O)Nc2ccc(F)cc2[N+](=O)[O-])CCN1. The van der Waals surface area contributed by atoms with Gasteiger partial charge in [0.25, 0.3) is 5.69 Å². The Morgan fingerprint density at radius 2 is 2.30 bits per heavy atom. The van der Waals surface area contributed by atoms with E-state index in [1.165, 1.54) is 6.07 Å². The maximum atomic E-state index is 13.0. The van der Waals surface area contributed by atoms with Gasteiger partial charge in [0.15, 0.2) is 0 Å². The van der Waals surface area contributed by atoms with Crippen molar-refractivity contribution in [2.24, 2.45) is 5.92 Å². The van der Waals surface area contributed by atoms with Crippen molar-refractivity contribution in [1.29, 1.82) is 0 Å². The van der Waals surface area contributed by atoms with Crippen LogP contribution in [0.2, 0.25) is 0 Å². The van der Waals surface area contributed by atoms with Crippen LogP contribution in [0.15, 0.2) is 18.2 Å². The smallest absolute Gasteiger partial charge is 0.295 e. The molecule has 0 aliphatic carbocycles. The van der Waals surface area contributed by atoms with Crippen LogP contribution in [0.3, 0.4) is 0 Å². The van der Waals surface area contributed by atoms with Gasteiger partial charge in [0.2, 0.25) is 5.91 Å². The Morgan fingerprint density at radius 3 is 2.95 bits per heavy atom. The van der Waals surface area contributed by atoms with Crippen LogP contribution in [-0.2, 0) is 4.79 Å². The van der Waals surface area contributed by atoms with Crippen molar-refractivity contribution in [2.45, 2.75) is 25.8 Å². The molecular weight excluding hydrogens is 265 g/mol. The molecule has 1 aliphatic rings. The largest absolute Gasteiger partial charge is 0.320 e. The summed E-state index contributed by atoms with van der Waals surface area (Å²) in [6.45, 7) is 2.73. The first-order valence-corrected chi connectivity index (χ1v) is 6.45. The van der Waals surface area contributed by atoms with Gasteiger partial charge in [0.1, 0.15) is 11.5 Å². The van der Waals surface area contributed by atoms with Crippen LogP contribution in [-0.4, -0.2) is 23.4 Å². The van der Waals surface area contributed by atoms with E-state index >= 15 is 0 Å². The van der Waals surface area contributed by atoms with Gasteiger partial charge in [-0.2, -0.15) is 0 Å². The van der Waals surface area contributed by atoms with E-state index in [-0.39, 0.29) is 23.6 Å². The first kappa shape index (κ1) is 14.4. The van der Waals surface area contributed by atoms with E-state index in [0.29, 0.717) is 12.8 Å². The van der Waals surface area contributed by atoms with E-state index < -0.39 is 16.4 Å². The number of benzene rings is 1. The highest BCUT2D eigenvalue weighted by atomic mass is 19.1. The number of amides is 1. The van der Waals surface area contributed by atoms with Crippen LogP contribution in [0, 0.1) is 21.8 Å². The molecule has 2 rings (SSSR count). The molecule has 1 amide bonds. The highest BCUT2D eigenvalue weighted by molar-refractivity contribution is 5.94. The molecule has 108 valence electrons. The van der Waals surface area contributed by atoms with E-state index in [1.807, 2.05) is 6.92 Å². The number of hydrogen-bond donors (Lipinski definition) is 2. The first-order chi connectivity index (χ1) is 9.47. The molecule has 0 spiro atoms. The van der Waals surface area contributed by atoms with Crippen molar-refractivity contribution >= 4 is 17.3 Å². The van der Waals surface area contributed by atoms with Crippen LogP contribution in [0.25, 0.3) is 0 Å². The van der Waals surface area contributed by atoms with Crippen LogP contribution < -0.4 is 10.6 Å². The quantitative estimate of drug-likeness (QED) is 0.656. The summed E-state index contributed by atoms with van der Waals surface area (Å²) in [7, 11) is 0. The molecule has 2 N–H and O–H groups in total. The fourth-order valence-corrected chi connectivity index (χ4v) is 2.37. The van der Waals surface area contributed by atoms with E-state index in [9.17, 15) is 19.3 Å². The van der Waals surface area contributed by atoms with Crippen LogP contribution in [0.1, 0.15) is 19.8 Å². The summed E-state index contributed by atoms with van der Waals surface area (Å²) < 4.78 is 13.0. The Balaban J connectivity index is 2.13. The number of nitrogens with zero attached hydrogens (tertiary/aromatic N) is 1. The minimum absolute atomic E-state index is 0.0348. The second-order valence-electron chi connectivity index (χ2n) is 4.98. The number of rotatable bonds is 3. The zero-order valence-corrected chi connectivity index (χ0v) is 11.1. The van der Waals surface area contributed by atoms with Crippen molar-refractivity contribution in [3.05, 3.63) is 34.1 Å². The van der Waals surface area contributed by atoms with E-state index in [1.54, 1.807) is 0 Å². The molecular formula is C13H16FN3O3. The van der Waals surface area contributed by atoms with Gasteiger partial charge in [-0.15, -0.1) is 0 Å². The predicted molar refractivity (Wildman–Crippen MR) is 71.9 cm³/mol. The number of carbonyl (C=O) groups is 1. The molecule has 1 aromatic carbocycles. The highest BCUT2D eigenvalue weighted by Gasteiger charge is 2.26. The van der Waals surface area contributed by atoms with Gasteiger partial charge in [-0.1, -0.05) is 0 Å². The van der Waals surface area contributed by atoms with Crippen LogP contribution in [0.5, 0.6) is 0 Å². The maximum absolute atomic E-state index is 13.0. The summed E-state index contributed by atoms with van der Waals surface area (Å²) in [5, 5.41) is 16.6. The average molecular weight is 281 g/mol. The Morgan fingerprint density at radius 1 is 1.55 bits per heavy atom. The third-order valence-corrected chi connectivity index (χ3v) is 3.41. The molecule has 7 heteroatoms. The van der Waals surface area contributed by atoms with E-state index in [4.69, 9.17) is 0 Å². The van der Waals surface area contributed by atoms with Crippen LogP contribution in [0.4, 0.5) is 15.8 Å². The van der Waals surface area contributed by atoms with Crippen molar-refractivity contribution in [3.8, 4) is 0 Å². The Labute approximate surface area is 115 Å². The predicted octanol–water partition coefficient (Wildman–Crippen LogP) is 2.06. The Hall–Kier alpha value is -2.02. The number of hydrogen-bond acceptors (Lipinski definition) is 4. The molecule has 1 saturated heterocycles. The lowest BCUT2D eigenvalue weighted by molar-refractivity contribution is -0.384. The van der Waals surface area contributed by atoms with E-state index in [2.05, 4.69) is 10.6 Å². The normalized spacial score (nSPS) is 22.3. The average Bonchev–Trinajstić information content (AvgIpc) is 2.40. The lowest BCUT2D eigenvalue weighted by atomic mass is 9.92. The number of halogens is 1. The Kier molecular flexibility index (Phi) is 4.29. The summed E-state index contributed by atoms with van der Waals surface area (Å²) in [5.74, 6) is -1.14. The lowest BCUT2D eigenvalue weighted by Crippen LogP contribution is -2.40. The molecule has 2 unspecified atom stereocenters. The molecule has 6 nitrogen and oxygen atoms in total. The van der Waals surface area contributed by atoms with Crippen molar-refractivity contribution in [1.82, 2.24) is 5.32 Å². The van der Waals surface area contributed by atoms with E-state index in [0.717, 1.165) is 18.7 Å². The third kappa shape index (κ3) is 3.30. The summed E-state index contributed by atoms with van der Waals surface area (Å²) in [5.41, 5.74) is -0.395. The van der Waals surface area contributed by atoms with Gasteiger partial charge in [-0.05, 0) is 38.4 Å². The second-order valence-corrected chi connectivity index (χ2v) is 4.98. The number of nitro benzene ring substituents is 1. The van der Waals surface area contributed by atoms with Gasteiger partial charge in [0, 0.05) is 12.0 Å². The van der Waals surface area contributed by atoms with Crippen molar-refractivity contribution < 1.29 is 14.1 Å². The molecule has 0 aromatic heterocycles. The standard InChI is InChI=1S/C13H16FN3O3/c1-8-6-9(4-5-15-8)13(18)16-11-3-2-10(14)7-12(11)17(19)20/h2-3,7-9,15H,4-6H2,1H3,(H,16,18). The van der Waals surface area contributed by atoms with Crippen molar-refractivity contribution in [2.75, 3.05) is 11.9 Å². The molecule has 0 saturated carbocycles. The summed E-state index contributed by atoms with van der Waals surface area (Å²) >= 11 is 0. The van der Waals surface area contributed by atoms with Crippen molar-refractivity contribution in [3.63, 3.8) is 0 Å². The minimum atomic E-state index is -0.705. The van der Waals surface area contributed by atoms with Gasteiger partial charge in [-0.25, -0.2) is 4.39 Å². The number of nitrogens with one attached hydrogen (secondary N) is 2. The van der Waals surface area contributed by atoms with Gasteiger partial charge >= 0.3 is 0 Å². The molecule has 1 heterocycles. The topological polar surface area (TPSA) is 84.3 Å². The van der Waals surface area contributed by atoms with Gasteiger partial charge in [-0.3, -0.25) is 14.9 Å². The van der Waals surface area contributed by atoms with Gasteiger partial charge < -0.3 is 10.6 Å². The number of anilines is 1. The fraction of sp³-hybridized carbons (Fsp3) is 0.462. The second kappa shape index (κ2) is 5.96. The minimum Gasteiger partial charge on any atom is -0.320 e. The molecule has 1 fully saturated rings. The zero-order chi connectivity index (χ0) is 14.7. The summed E-state index contributed by atoms with van der Waals surface area (Å²) in [6.07, 6.45) is 1.37. The number of carbonyl (C=O) groups excluding carboxylic acids is 1. The zero-order valence-electron chi connectivity index (χ0n) is 11.1. The summed E-state index contributed by atoms with van der Waals surface area (Å²) in [4.78, 5) is 22.3. The third-order valence-electron chi connectivity index (χ3n) is 3.41. The molecule has 0 bridgehead atoms. The molecule has 20 heavy (non-hydrogen) atoms. The Bertz CT molecular complexity index is 536. The molecule has 0 radical (unpaired) electrons. The first-order valence-electron chi connectivity index (χ1n) is 6.45. The lowest BCUT2D eigenvalue weighted by Gasteiger charge is -2.27. The van der Waals surface area contributed by atoms with Crippen LogP contribution >= 0.6 is 0 Å². The fourth-order valence-electron chi connectivity index (χ4n) is 2.37. The monoisotopic (exact) mass is 281 g/mol. The molecule has 1 aliphatic heterocycles. The molecule has 1 aromatic rings. The number of nitro groups is 1. The number of piperidine rings is 1.